The quantitative estimate of drug-likeness (QED) is 0.133. The van der Waals surface area contributed by atoms with E-state index >= 15 is 0 Å². The van der Waals surface area contributed by atoms with Crippen molar-refractivity contribution in [2.75, 3.05) is 0 Å². The van der Waals surface area contributed by atoms with Gasteiger partial charge in [0.1, 0.15) is 0 Å². The maximum absolute atomic E-state index is 4.65. The maximum Gasteiger partial charge on any atom is 0.0798 e. The summed E-state index contributed by atoms with van der Waals surface area (Å²) in [6, 6.07) is 31.7. The topological polar surface area (TPSA) is 38.7 Å². The Bertz CT molecular complexity index is 1380. The number of aromatic nitrogens is 3. The molecule has 39 heavy (non-hydrogen) atoms. The molecule has 3 heterocycles. The zero-order valence-corrected chi connectivity index (χ0v) is 26.7. The number of benzene rings is 2. The number of pyridine rings is 3. The van der Waals surface area contributed by atoms with Crippen molar-refractivity contribution in [2.24, 2.45) is 5.92 Å². The van der Waals surface area contributed by atoms with Crippen molar-refractivity contribution in [2.45, 2.75) is 39.9 Å². The Morgan fingerprint density at radius 2 is 1.46 bits per heavy atom. The number of nitrogens with zero attached hydrogens (tertiary/aromatic N) is 3. The molecule has 0 amide bonds. The van der Waals surface area contributed by atoms with Gasteiger partial charge in [-0.2, -0.15) is 0 Å². The van der Waals surface area contributed by atoms with E-state index in [2.05, 4.69) is 91.2 Å². The standard InChI is InChI=1S/C17H23N2Si.C17H12N.Ir/c1-13(2)9-15-10-16(14-7-6-8-18-11-14)19-12-17(15)20(3,4)5;1-3-7-14(8-4-1)16-11-12-18-17(13-16)15-9-5-2-6-10-15;/h6-8,10,12-13H,9H2,1-5H3;1-9,11-13H;/q2*-1;. The van der Waals surface area contributed by atoms with E-state index in [9.17, 15) is 0 Å². The van der Waals surface area contributed by atoms with E-state index in [0.29, 0.717) is 5.92 Å². The molecule has 3 nitrogen and oxygen atoms in total. The van der Waals surface area contributed by atoms with Crippen molar-refractivity contribution in [3.63, 3.8) is 0 Å². The minimum Gasteiger partial charge on any atom is -0.360 e. The van der Waals surface area contributed by atoms with Crippen molar-refractivity contribution in [1.29, 1.82) is 0 Å². The summed E-state index contributed by atoms with van der Waals surface area (Å²) in [4.78, 5) is 13.1. The first-order valence-corrected chi connectivity index (χ1v) is 16.6. The molecule has 0 aliphatic carbocycles. The zero-order chi connectivity index (χ0) is 27.0. The fourth-order valence-electron chi connectivity index (χ4n) is 4.34. The number of rotatable bonds is 6. The van der Waals surface area contributed by atoms with Crippen LogP contribution in [0, 0.1) is 18.2 Å². The molecule has 1 radical (unpaired) electrons. The van der Waals surface area contributed by atoms with Gasteiger partial charge in [-0.05, 0) is 52.3 Å². The zero-order valence-electron chi connectivity index (χ0n) is 23.3. The Hall–Kier alpha value is -3.24. The van der Waals surface area contributed by atoms with Gasteiger partial charge in [0.15, 0.2) is 0 Å². The Balaban J connectivity index is 0.000000211. The summed E-state index contributed by atoms with van der Waals surface area (Å²) >= 11 is 0. The first-order chi connectivity index (χ1) is 18.3. The summed E-state index contributed by atoms with van der Waals surface area (Å²) in [6.07, 6.45) is 9.80. The average Bonchev–Trinajstić information content (AvgIpc) is 2.94. The van der Waals surface area contributed by atoms with Crippen LogP contribution in [0.25, 0.3) is 33.6 Å². The molecule has 0 spiro atoms. The molecule has 3 aromatic heterocycles. The molecule has 2 aromatic carbocycles. The molecule has 0 aliphatic heterocycles. The molecule has 5 aromatic rings. The first-order valence-electron chi connectivity index (χ1n) is 13.1. The third-order valence-electron chi connectivity index (χ3n) is 6.16. The SMILES string of the molecule is CC(C)Cc1cc(-c2[c-]nccc2)ncc1[Si](C)(C)C.[Ir].[c-]1ccccc1-c1cc(-c2ccccc2)ccn1. The van der Waals surface area contributed by atoms with Crippen molar-refractivity contribution in [3.8, 4) is 33.6 Å². The van der Waals surface area contributed by atoms with Gasteiger partial charge < -0.3 is 15.0 Å². The third kappa shape index (κ3) is 8.62. The Labute approximate surface area is 248 Å². The van der Waals surface area contributed by atoms with Gasteiger partial charge in [-0.25, -0.2) is 0 Å². The second-order valence-corrected chi connectivity index (χ2v) is 15.8. The molecule has 5 heteroatoms. The monoisotopic (exact) mass is 706 g/mol. The van der Waals surface area contributed by atoms with Gasteiger partial charge in [-0.15, -0.1) is 53.6 Å². The summed E-state index contributed by atoms with van der Waals surface area (Å²) in [7, 11) is -1.36. The Kier molecular flexibility index (Phi) is 11.1. The Morgan fingerprint density at radius 3 is 2.10 bits per heavy atom. The summed E-state index contributed by atoms with van der Waals surface area (Å²) < 4.78 is 0. The van der Waals surface area contributed by atoms with Crippen LogP contribution >= 0.6 is 0 Å². The van der Waals surface area contributed by atoms with Crippen LogP contribution in [0.3, 0.4) is 0 Å². The Morgan fingerprint density at radius 1 is 0.744 bits per heavy atom. The van der Waals surface area contributed by atoms with Crippen LogP contribution in [0.5, 0.6) is 0 Å². The van der Waals surface area contributed by atoms with Crippen LogP contribution in [-0.2, 0) is 26.5 Å². The van der Waals surface area contributed by atoms with Crippen molar-refractivity contribution in [3.05, 3.63) is 121 Å². The average molecular weight is 706 g/mol. The molecule has 0 bridgehead atoms. The summed E-state index contributed by atoms with van der Waals surface area (Å²) in [5.74, 6) is 0.651. The van der Waals surface area contributed by atoms with Crippen LogP contribution in [0.1, 0.15) is 19.4 Å². The van der Waals surface area contributed by atoms with Crippen LogP contribution in [0.15, 0.2) is 104 Å². The van der Waals surface area contributed by atoms with E-state index in [-0.39, 0.29) is 20.1 Å². The largest absolute Gasteiger partial charge is 0.360 e. The van der Waals surface area contributed by atoms with Crippen LogP contribution < -0.4 is 5.19 Å². The van der Waals surface area contributed by atoms with Gasteiger partial charge in [0.05, 0.1) is 8.07 Å². The number of hydrogen-bond acceptors (Lipinski definition) is 3. The van der Waals surface area contributed by atoms with E-state index in [4.69, 9.17) is 0 Å². The first kappa shape index (κ1) is 30.3. The molecule has 0 saturated heterocycles. The second-order valence-electron chi connectivity index (χ2n) is 10.8. The second kappa shape index (κ2) is 14.2. The normalized spacial score (nSPS) is 10.8. The third-order valence-corrected chi connectivity index (χ3v) is 8.23. The van der Waals surface area contributed by atoms with Crippen molar-refractivity contribution in [1.82, 2.24) is 15.0 Å². The van der Waals surface area contributed by atoms with Crippen LogP contribution in [0.4, 0.5) is 0 Å². The summed E-state index contributed by atoms with van der Waals surface area (Å²) in [5.41, 5.74) is 7.76. The van der Waals surface area contributed by atoms with E-state index in [0.717, 1.165) is 28.9 Å². The molecule has 5 rings (SSSR count). The molecule has 0 N–H and O–H groups in total. The van der Waals surface area contributed by atoms with Crippen molar-refractivity contribution >= 4 is 13.3 Å². The van der Waals surface area contributed by atoms with Gasteiger partial charge >= 0.3 is 0 Å². The fraction of sp³-hybridized carbons (Fsp3) is 0.206. The van der Waals surface area contributed by atoms with E-state index in [1.54, 1.807) is 6.20 Å². The maximum atomic E-state index is 4.65. The van der Waals surface area contributed by atoms with E-state index in [1.807, 2.05) is 66.9 Å². The molecule has 0 atom stereocenters. The molecule has 0 fully saturated rings. The fourth-order valence-corrected chi connectivity index (χ4v) is 5.93. The van der Waals surface area contributed by atoms with Crippen LogP contribution in [-0.4, -0.2) is 23.0 Å². The number of hydrogen-bond donors (Lipinski definition) is 0. The van der Waals surface area contributed by atoms with Gasteiger partial charge in [0.2, 0.25) is 0 Å². The van der Waals surface area contributed by atoms with Gasteiger partial charge in [-0.3, -0.25) is 0 Å². The van der Waals surface area contributed by atoms with Gasteiger partial charge in [-0.1, -0.05) is 87.7 Å². The smallest absolute Gasteiger partial charge is 0.0798 e. The van der Waals surface area contributed by atoms with E-state index < -0.39 is 8.07 Å². The molecule has 201 valence electrons. The van der Waals surface area contributed by atoms with Crippen LogP contribution in [0.2, 0.25) is 19.6 Å². The minimum absolute atomic E-state index is 0. The molecule has 0 unspecified atom stereocenters. The molecule has 0 saturated carbocycles. The van der Waals surface area contributed by atoms with Gasteiger partial charge in [0, 0.05) is 32.5 Å². The minimum atomic E-state index is -1.36. The van der Waals surface area contributed by atoms with E-state index in [1.165, 1.54) is 21.9 Å². The molecular formula is C34H35IrN3Si-2. The molecular weight excluding hydrogens is 671 g/mol. The predicted octanol–water partition coefficient (Wildman–Crippen LogP) is 7.90. The summed E-state index contributed by atoms with van der Waals surface area (Å²) in [6.45, 7) is 11.7. The van der Waals surface area contributed by atoms with Crippen molar-refractivity contribution < 1.29 is 20.1 Å². The summed E-state index contributed by atoms with van der Waals surface area (Å²) in [5, 5.41) is 1.47. The van der Waals surface area contributed by atoms with Gasteiger partial charge in [0.25, 0.3) is 0 Å². The predicted molar refractivity (Wildman–Crippen MR) is 162 cm³/mol. The molecule has 0 aliphatic rings.